The molecule has 9 heteroatoms. The second-order valence-corrected chi connectivity index (χ2v) is 7.15. The Bertz CT molecular complexity index is 1120. The van der Waals surface area contributed by atoms with E-state index in [1.165, 1.54) is 11.8 Å². The first-order chi connectivity index (χ1) is 14.3. The van der Waals surface area contributed by atoms with Gasteiger partial charge < -0.3 is 15.2 Å². The van der Waals surface area contributed by atoms with Gasteiger partial charge in [0.1, 0.15) is 11.2 Å². The van der Waals surface area contributed by atoms with E-state index in [1.54, 1.807) is 11.5 Å². The highest BCUT2D eigenvalue weighted by Gasteiger charge is 2.28. The molecule has 2 N–H and O–H groups in total. The van der Waals surface area contributed by atoms with Crippen LogP contribution >= 0.6 is 0 Å². The average molecular weight is 411 g/mol. The largest absolute Gasteiger partial charge is 0.370 e. The van der Waals surface area contributed by atoms with Crippen LogP contribution in [0.25, 0.3) is 11.1 Å². The molecular formula is C21H25N5O4. The number of aryl methyl sites for hydroxylation is 1. The van der Waals surface area contributed by atoms with Gasteiger partial charge in [0.25, 0.3) is 11.3 Å². The second kappa shape index (κ2) is 8.89. The standard InChI is InChI=1S/C21H25N5O4/c1-4-16(25(14(3)27)11-10-17(22)28)19-23-20-18(13(2)24-30-20)21(29)26(19)12-15-8-6-5-7-9-15/h5-9,16H,4,10-12H2,1-3H3,(H2,22,28). The van der Waals surface area contributed by atoms with Crippen LogP contribution in [-0.2, 0) is 16.1 Å². The van der Waals surface area contributed by atoms with Crippen LogP contribution < -0.4 is 11.3 Å². The number of nitrogens with zero attached hydrogens (tertiary/aromatic N) is 4. The molecule has 3 rings (SSSR count). The van der Waals surface area contributed by atoms with Crippen LogP contribution in [0.15, 0.2) is 39.6 Å². The Kier molecular flexibility index (Phi) is 6.29. The molecule has 0 saturated carbocycles. The van der Waals surface area contributed by atoms with Crippen LogP contribution in [-0.4, -0.2) is 38.0 Å². The van der Waals surface area contributed by atoms with E-state index in [0.717, 1.165) is 5.56 Å². The first-order valence-corrected chi connectivity index (χ1v) is 9.79. The van der Waals surface area contributed by atoms with Gasteiger partial charge in [0, 0.05) is 19.9 Å². The van der Waals surface area contributed by atoms with Crippen LogP contribution in [0.5, 0.6) is 0 Å². The van der Waals surface area contributed by atoms with Gasteiger partial charge in [0.05, 0.1) is 18.3 Å². The summed E-state index contributed by atoms with van der Waals surface area (Å²) in [5.41, 5.74) is 6.51. The van der Waals surface area contributed by atoms with E-state index < -0.39 is 11.9 Å². The summed E-state index contributed by atoms with van der Waals surface area (Å²) >= 11 is 0. The summed E-state index contributed by atoms with van der Waals surface area (Å²) in [7, 11) is 0. The van der Waals surface area contributed by atoms with E-state index >= 15 is 0 Å². The summed E-state index contributed by atoms with van der Waals surface area (Å²) in [6.07, 6.45) is 0.501. The third-order valence-corrected chi connectivity index (χ3v) is 5.04. The molecule has 3 aromatic rings. The molecule has 2 heterocycles. The number of fused-ring (bicyclic) bond motifs is 1. The van der Waals surface area contributed by atoms with Gasteiger partial charge in [-0.05, 0) is 18.9 Å². The molecule has 0 aliphatic heterocycles. The Balaban J connectivity index is 2.18. The average Bonchev–Trinajstić information content (AvgIpc) is 3.08. The summed E-state index contributed by atoms with van der Waals surface area (Å²) in [5, 5.41) is 4.19. The number of hydrogen-bond donors (Lipinski definition) is 1. The predicted molar refractivity (Wildman–Crippen MR) is 111 cm³/mol. The molecule has 158 valence electrons. The highest BCUT2D eigenvalue weighted by atomic mass is 16.5. The van der Waals surface area contributed by atoms with Crippen molar-refractivity contribution < 1.29 is 14.1 Å². The monoisotopic (exact) mass is 411 g/mol. The van der Waals surface area contributed by atoms with Crippen molar-refractivity contribution in [3.05, 3.63) is 57.8 Å². The van der Waals surface area contributed by atoms with E-state index in [9.17, 15) is 14.4 Å². The maximum absolute atomic E-state index is 13.4. The maximum atomic E-state index is 13.4. The van der Waals surface area contributed by atoms with Crippen molar-refractivity contribution in [2.24, 2.45) is 5.73 Å². The molecule has 0 aliphatic rings. The minimum absolute atomic E-state index is 0.0165. The Labute approximate surface area is 173 Å². The van der Waals surface area contributed by atoms with Crippen molar-refractivity contribution in [3.8, 4) is 0 Å². The number of benzene rings is 1. The fourth-order valence-electron chi connectivity index (χ4n) is 3.56. The lowest BCUT2D eigenvalue weighted by Gasteiger charge is -2.31. The number of carbonyl (C=O) groups is 2. The lowest BCUT2D eigenvalue weighted by Crippen LogP contribution is -2.39. The van der Waals surface area contributed by atoms with Crippen LogP contribution in [0.4, 0.5) is 0 Å². The summed E-state index contributed by atoms with van der Waals surface area (Å²) in [6.45, 7) is 5.41. The van der Waals surface area contributed by atoms with E-state index in [-0.39, 0.29) is 36.7 Å². The van der Waals surface area contributed by atoms with Crippen LogP contribution in [0.3, 0.4) is 0 Å². The molecule has 2 amide bonds. The van der Waals surface area contributed by atoms with E-state index in [4.69, 9.17) is 10.3 Å². The van der Waals surface area contributed by atoms with Crippen molar-refractivity contribution in [2.45, 2.75) is 46.2 Å². The Morgan fingerprint density at radius 3 is 2.57 bits per heavy atom. The molecule has 30 heavy (non-hydrogen) atoms. The van der Waals surface area contributed by atoms with Gasteiger partial charge in [-0.25, -0.2) is 0 Å². The van der Waals surface area contributed by atoms with E-state index in [0.29, 0.717) is 23.3 Å². The van der Waals surface area contributed by atoms with Gasteiger partial charge in [-0.1, -0.05) is 42.4 Å². The van der Waals surface area contributed by atoms with Gasteiger partial charge in [-0.2, -0.15) is 4.98 Å². The minimum Gasteiger partial charge on any atom is -0.370 e. The molecule has 2 aromatic heterocycles. The fourth-order valence-corrected chi connectivity index (χ4v) is 3.56. The number of hydrogen-bond acceptors (Lipinski definition) is 6. The van der Waals surface area contributed by atoms with Crippen molar-refractivity contribution in [2.75, 3.05) is 6.54 Å². The molecular weight excluding hydrogens is 386 g/mol. The summed E-state index contributed by atoms with van der Waals surface area (Å²) in [5.74, 6) is -0.362. The number of rotatable bonds is 8. The quantitative estimate of drug-likeness (QED) is 0.604. The molecule has 1 atom stereocenters. The van der Waals surface area contributed by atoms with Crippen LogP contribution in [0, 0.1) is 6.92 Å². The topological polar surface area (TPSA) is 124 Å². The lowest BCUT2D eigenvalue weighted by atomic mass is 10.1. The number of aromatic nitrogens is 3. The zero-order valence-corrected chi connectivity index (χ0v) is 17.3. The van der Waals surface area contributed by atoms with Crippen molar-refractivity contribution in [1.29, 1.82) is 0 Å². The first-order valence-electron chi connectivity index (χ1n) is 9.79. The molecule has 0 radical (unpaired) electrons. The van der Waals surface area contributed by atoms with Crippen molar-refractivity contribution in [3.63, 3.8) is 0 Å². The second-order valence-electron chi connectivity index (χ2n) is 7.15. The summed E-state index contributed by atoms with van der Waals surface area (Å²) in [4.78, 5) is 43.1. The SMILES string of the molecule is CCC(c1nc2onc(C)c2c(=O)n1Cc1ccccc1)N(CCC(N)=O)C(C)=O. The molecule has 9 nitrogen and oxygen atoms in total. The molecule has 0 bridgehead atoms. The third kappa shape index (κ3) is 4.24. The van der Waals surface area contributed by atoms with Crippen molar-refractivity contribution in [1.82, 2.24) is 19.6 Å². The molecule has 0 spiro atoms. The first kappa shape index (κ1) is 21.2. The Morgan fingerprint density at radius 1 is 1.27 bits per heavy atom. The minimum atomic E-state index is -0.534. The molecule has 0 saturated heterocycles. The Hall–Kier alpha value is -3.49. The molecule has 0 aliphatic carbocycles. The van der Waals surface area contributed by atoms with E-state index in [2.05, 4.69) is 10.1 Å². The van der Waals surface area contributed by atoms with Gasteiger partial charge in [-0.3, -0.25) is 19.0 Å². The lowest BCUT2D eigenvalue weighted by molar-refractivity contribution is -0.132. The zero-order valence-electron chi connectivity index (χ0n) is 17.3. The van der Waals surface area contributed by atoms with Gasteiger partial charge in [0.15, 0.2) is 0 Å². The van der Waals surface area contributed by atoms with Gasteiger partial charge in [-0.15, -0.1) is 0 Å². The predicted octanol–water partition coefficient (Wildman–Crippen LogP) is 1.92. The highest BCUT2D eigenvalue weighted by molar-refractivity contribution is 5.77. The molecule has 0 fully saturated rings. The van der Waals surface area contributed by atoms with Gasteiger partial charge >= 0.3 is 0 Å². The van der Waals surface area contributed by atoms with Crippen molar-refractivity contribution >= 4 is 22.9 Å². The zero-order chi connectivity index (χ0) is 21.8. The Morgan fingerprint density at radius 2 is 1.97 bits per heavy atom. The number of amides is 2. The fraction of sp³-hybridized carbons (Fsp3) is 0.381. The summed E-state index contributed by atoms with van der Waals surface area (Å²) < 4.78 is 6.81. The number of carbonyl (C=O) groups excluding carboxylic acids is 2. The van der Waals surface area contributed by atoms with Gasteiger partial charge in [0.2, 0.25) is 11.8 Å². The number of nitrogens with two attached hydrogens (primary N) is 1. The van der Waals surface area contributed by atoms with Crippen LogP contribution in [0.1, 0.15) is 49.8 Å². The third-order valence-electron chi connectivity index (χ3n) is 5.04. The summed E-state index contributed by atoms with van der Waals surface area (Å²) in [6, 6.07) is 8.98. The smallest absolute Gasteiger partial charge is 0.267 e. The normalized spacial score (nSPS) is 12.1. The van der Waals surface area contributed by atoms with E-state index in [1.807, 2.05) is 37.3 Å². The molecule has 1 unspecified atom stereocenters. The molecule has 1 aromatic carbocycles. The van der Waals surface area contributed by atoms with Crippen LogP contribution in [0.2, 0.25) is 0 Å². The number of primary amides is 1. The highest BCUT2D eigenvalue weighted by Crippen LogP contribution is 2.25. The maximum Gasteiger partial charge on any atom is 0.267 e.